The van der Waals surface area contributed by atoms with Crippen LogP contribution in [-0.4, -0.2) is 72.6 Å². The van der Waals surface area contributed by atoms with E-state index in [9.17, 15) is 4.79 Å². The lowest BCUT2D eigenvalue weighted by Gasteiger charge is -2.36. The largest absolute Gasteiger partial charge is 0.368 e. The summed E-state index contributed by atoms with van der Waals surface area (Å²) in [4.78, 5) is 22.9. The summed E-state index contributed by atoms with van der Waals surface area (Å²) < 4.78 is 2.20. The summed E-state index contributed by atoms with van der Waals surface area (Å²) in [5.74, 6) is 0.165. The highest BCUT2D eigenvalue weighted by atomic mass is 35.5. The van der Waals surface area contributed by atoms with Crippen LogP contribution in [0.2, 0.25) is 5.02 Å². The van der Waals surface area contributed by atoms with Gasteiger partial charge in [0.05, 0.1) is 10.7 Å². The second kappa shape index (κ2) is 12.1. The summed E-state index contributed by atoms with van der Waals surface area (Å²) in [6.45, 7) is 11.1. The molecule has 2 aliphatic heterocycles. The average molecular weight is 520 g/mol. The predicted molar refractivity (Wildman–Crippen MR) is 153 cm³/mol. The normalized spacial score (nSPS) is 16.9. The van der Waals surface area contributed by atoms with Crippen molar-refractivity contribution >= 4 is 28.9 Å². The van der Waals surface area contributed by atoms with Crippen molar-refractivity contribution < 1.29 is 4.79 Å². The first-order valence-corrected chi connectivity index (χ1v) is 14.0. The molecule has 2 aliphatic rings. The van der Waals surface area contributed by atoms with E-state index in [-0.39, 0.29) is 5.91 Å². The summed E-state index contributed by atoms with van der Waals surface area (Å²) in [7, 11) is 0. The van der Waals surface area contributed by atoms with Crippen LogP contribution in [-0.2, 0) is 13.1 Å². The molecule has 5 rings (SSSR count). The van der Waals surface area contributed by atoms with Gasteiger partial charge < -0.3 is 19.3 Å². The van der Waals surface area contributed by atoms with Gasteiger partial charge in [0.25, 0.3) is 5.91 Å². The van der Waals surface area contributed by atoms with Crippen LogP contribution < -0.4 is 9.80 Å². The number of carbonyl (C=O) groups is 1. The Bertz CT molecular complexity index is 1160. The minimum Gasteiger partial charge on any atom is -0.368 e. The lowest BCUT2D eigenvalue weighted by atomic mass is 10.2. The van der Waals surface area contributed by atoms with Crippen LogP contribution in [0.3, 0.4) is 0 Å². The Morgan fingerprint density at radius 1 is 0.838 bits per heavy atom. The zero-order valence-corrected chi connectivity index (χ0v) is 22.6. The first-order valence-electron chi connectivity index (χ1n) is 13.6. The van der Waals surface area contributed by atoms with Gasteiger partial charge in [0, 0.05) is 77.3 Å². The van der Waals surface area contributed by atoms with E-state index in [0.717, 1.165) is 94.7 Å². The third-order valence-corrected chi connectivity index (χ3v) is 7.90. The number of amides is 1. The molecular formula is C30H38ClN5O. The number of nitrogens with zero attached hydrogens (tertiary/aromatic N) is 5. The number of aryl methyl sites for hydroxylation is 1. The Labute approximate surface area is 226 Å². The van der Waals surface area contributed by atoms with Crippen molar-refractivity contribution in [1.29, 1.82) is 0 Å². The first kappa shape index (κ1) is 25.7. The van der Waals surface area contributed by atoms with Crippen molar-refractivity contribution in [1.82, 2.24) is 14.4 Å². The van der Waals surface area contributed by atoms with Gasteiger partial charge in [0.1, 0.15) is 5.69 Å². The second-order valence-electron chi connectivity index (χ2n) is 10.1. The number of hydrogen-bond acceptors (Lipinski definition) is 4. The van der Waals surface area contributed by atoms with Crippen LogP contribution in [0.15, 0.2) is 66.9 Å². The number of hydrogen-bond donors (Lipinski definition) is 0. The number of piperazine rings is 2. The third-order valence-electron chi connectivity index (χ3n) is 7.58. The fraction of sp³-hybridized carbons (Fsp3) is 0.433. The molecule has 0 bridgehead atoms. The number of anilines is 2. The zero-order valence-electron chi connectivity index (χ0n) is 21.9. The number of aromatic nitrogens is 1. The van der Waals surface area contributed by atoms with Crippen molar-refractivity contribution in [2.75, 3.05) is 62.2 Å². The number of benzene rings is 2. The molecule has 3 heterocycles. The van der Waals surface area contributed by atoms with Gasteiger partial charge in [-0.25, -0.2) is 0 Å². The molecule has 0 saturated carbocycles. The van der Waals surface area contributed by atoms with E-state index in [0.29, 0.717) is 0 Å². The molecule has 2 aromatic carbocycles. The molecule has 1 amide bonds. The molecule has 7 heteroatoms. The quantitative estimate of drug-likeness (QED) is 0.408. The van der Waals surface area contributed by atoms with Crippen molar-refractivity contribution in [2.24, 2.45) is 0 Å². The minimum absolute atomic E-state index is 0.165. The van der Waals surface area contributed by atoms with Gasteiger partial charge in [-0.3, -0.25) is 9.69 Å². The zero-order chi connectivity index (χ0) is 25.6. The standard InChI is InChI=1S/C30H38ClN5O/c1-2-3-13-36-24-25(23-32-14-16-34(17-15-32)28-12-8-7-11-27(28)31)22-29(36)30(37)35-20-18-33(19-21-35)26-9-5-4-6-10-26/h4-12,22,24H,2-3,13-21,23H2,1H3. The molecule has 0 radical (unpaired) electrons. The van der Waals surface area contributed by atoms with Gasteiger partial charge in [-0.05, 0) is 42.3 Å². The second-order valence-corrected chi connectivity index (χ2v) is 10.5. The van der Waals surface area contributed by atoms with Gasteiger partial charge >= 0.3 is 0 Å². The Morgan fingerprint density at radius 2 is 1.51 bits per heavy atom. The summed E-state index contributed by atoms with van der Waals surface area (Å²) in [6, 6.07) is 20.7. The molecule has 0 aliphatic carbocycles. The number of halogens is 1. The Kier molecular flexibility index (Phi) is 8.37. The van der Waals surface area contributed by atoms with E-state index in [1.807, 2.05) is 29.2 Å². The Morgan fingerprint density at radius 3 is 2.22 bits per heavy atom. The maximum atomic E-state index is 13.6. The molecule has 196 valence electrons. The molecular weight excluding hydrogens is 482 g/mol. The molecule has 6 nitrogen and oxygen atoms in total. The molecule has 0 atom stereocenters. The van der Waals surface area contributed by atoms with Crippen molar-refractivity contribution in [3.05, 3.63) is 83.1 Å². The average Bonchev–Trinajstić information content (AvgIpc) is 3.35. The van der Waals surface area contributed by atoms with Gasteiger partial charge in [-0.1, -0.05) is 55.3 Å². The van der Waals surface area contributed by atoms with E-state index in [1.54, 1.807) is 0 Å². The highest BCUT2D eigenvalue weighted by Crippen LogP contribution is 2.26. The first-order chi connectivity index (χ1) is 18.1. The topological polar surface area (TPSA) is 35.0 Å². The number of rotatable bonds is 8. The maximum absolute atomic E-state index is 13.6. The minimum atomic E-state index is 0.165. The van der Waals surface area contributed by atoms with E-state index in [1.165, 1.54) is 11.3 Å². The van der Waals surface area contributed by atoms with Crippen molar-refractivity contribution in [3.63, 3.8) is 0 Å². The van der Waals surface area contributed by atoms with Crippen LogP contribution in [0.1, 0.15) is 35.8 Å². The molecule has 0 unspecified atom stereocenters. The lowest BCUT2D eigenvalue weighted by molar-refractivity contribution is 0.0735. The van der Waals surface area contributed by atoms with Gasteiger partial charge in [-0.15, -0.1) is 0 Å². The SMILES string of the molecule is CCCCn1cc(CN2CCN(c3ccccc3Cl)CC2)cc1C(=O)N1CCN(c2ccccc2)CC1. The van der Waals surface area contributed by atoms with Crippen LogP contribution >= 0.6 is 11.6 Å². The molecule has 2 fully saturated rings. The van der Waals surface area contributed by atoms with Gasteiger partial charge in [0.2, 0.25) is 0 Å². The van der Waals surface area contributed by atoms with E-state index in [2.05, 4.69) is 68.8 Å². The summed E-state index contributed by atoms with van der Waals surface area (Å²) in [5, 5.41) is 0.816. The van der Waals surface area contributed by atoms with E-state index >= 15 is 0 Å². The van der Waals surface area contributed by atoms with Crippen LogP contribution in [0, 0.1) is 0 Å². The smallest absolute Gasteiger partial charge is 0.270 e. The Hall–Kier alpha value is -2.96. The monoisotopic (exact) mass is 519 g/mol. The van der Waals surface area contributed by atoms with Crippen molar-refractivity contribution in [3.8, 4) is 0 Å². The molecule has 2 saturated heterocycles. The third kappa shape index (κ3) is 6.13. The lowest BCUT2D eigenvalue weighted by Crippen LogP contribution is -2.49. The predicted octanol–water partition coefficient (Wildman–Crippen LogP) is 5.23. The van der Waals surface area contributed by atoms with Crippen LogP contribution in [0.5, 0.6) is 0 Å². The molecule has 0 spiro atoms. The fourth-order valence-electron chi connectivity index (χ4n) is 5.43. The van der Waals surface area contributed by atoms with E-state index < -0.39 is 0 Å². The summed E-state index contributed by atoms with van der Waals surface area (Å²) in [5.41, 5.74) is 4.42. The van der Waals surface area contributed by atoms with Crippen LogP contribution in [0.25, 0.3) is 0 Å². The fourth-order valence-corrected chi connectivity index (χ4v) is 5.69. The summed E-state index contributed by atoms with van der Waals surface area (Å²) >= 11 is 6.42. The van der Waals surface area contributed by atoms with Crippen LogP contribution in [0.4, 0.5) is 11.4 Å². The number of unbranched alkanes of at least 4 members (excludes halogenated alkanes) is 1. The van der Waals surface area contributed by atoms with Gasteiger partial charge in [0.15, 0.2) is 0 Å². The highest BCUT2D eigenvalue weighted by Gasteiger charge is 2.26. The molecule has 0 N–H and O–H groups in total. The Balaban J connectivity index is 1.21. The van der Waals surface area contributed by atoms with E-state index in [4.69, 9.17) is 11.6 Å². The van der Waals surface area contributed by atoms with Crippen molar-refractivity contribution in [2.45, 2.75) is 32.9 Å². The number of para-hydroxylation sites is 2. The molecule has 37 heavy (non-hydrogen) atoms. The molecule has 1 aromatic heterocycles. The summed E-state index contributed by atoms with van der Waals surface area (Å²) in [6.07, 6.45) is 4.40. The maximum Gasteiger partial charge on any atom is 0.270 e. The number of carbonyl (C=O) groups excluding carboxylic acids is 1. The van der Waals surface area contributed by atoms with Gasteiger partial charge in [-0.2, -0.15) is 0 Å². The molecule has 3 aromatic rings. The highest BCUT2D eigenvalue weighted by molar-refractivity contribution is 6.33.